The van der Waals surface area contributed by atoms with Gasteiger partial charge in [0.1, 0.15) is 6.54 Å². The van der Waals surface area contributed by atoms with Gasteiger partial charge in [-0.1, -0.05) is 6.07 Å². The Morgan fingerprint density at radius 2 is 1.88 bits per heavy atom. The Labute approximate surface area is 245 Å². The maximum atomic E-state index is 12.7. The highest BCUT2D eigenvalue weighted by Gasteiger charge is 2.43. The first kappa shape index (κ1) is 26.8. The molecule has 2 bridgehead atoms. The molecule has 1 saturated carbocycles. The van der Waals surface area contributed by atoms with Gasteiger partial charge in [0, 0.05) is 75.4 Å². The summed E-state index contributed by atoms with van der Waals surface area (Å²) in [5, 5.41) is 12.3. The minimum atomic E-state index is 0.0866. The van der Waals surface area contributed by atoms with E-state index in [0.717, 1.165) is 67.5 Å². The summed E-state index contributed by atoms with van der Waals surface area (Å²) in [4.78, 5) is 28.6. The third kappa shape index (κ3) is 5.56. The number of aromatic nitrogens is 6. The van der Waals surface area contributed by atoms with Crippen LogP contribution in [0.5, 0.6) is 0 Å². The molecule has 4 aromatic rings. The number of anilines is 3. The molecule has 3 aliphatic rings. The molecule has 42 heavy (non-hydrogen) atoms. The maximum absolute atomic E-state index is 12.7. The summed E-state index contributed by atoms with van der Waals surface area (Å²) >= 11 is 0. The number of piperidine rings is 1. The molecule has 7 rings (SSSR count). The summed E-state index contributed by atoms with van der Waals surface area (Å²) in [6, 6.07) is 8.31. The first-order chi connectivity index (χ1) is 20.5. The van der Waals surface area contributed by atoms with Gasteiger partial charge in [0.05, 0.1) is 30.3 Å². The highest BCUT2D eigenvalue weighted by molar-refractivity contribution is 5.76. The van der Waals surface area contributed by atoms with E-state index >= 15 is 0 Å². The molecule has 12 heteroatoms. The molecule has 12 nitrogen and oxygen atoms in total. The number of carbonyl (C=O) groups is 1. The lowest BCUT2D eigenvalue weighted by molar-refractivity contribution is -0.133. The van der Waals surface area contributed by atoms with Gasteiger partial charge in [-0.3, -0.25) is 14.5 Å². The Morgan fingerprint density at radius 3 is 2.64 bits per heavy atom. The molecule has 2 saturated heterocycles. The number of piperazine rings is 1. The molecule has 0 radical (unpaired) electrons. The number of pyridine rings is 2. The normalized spacial score (nSPS) is 22.7. The van der Waals surface area contributed by atoms with Gasteiger partial charge in [-0.2, -0.15) is 10.1 Å². The van der Waals surface area contributed by atoms with Crippen molar-refractivity contribution in [2.24, 2.45) is 11.8 Å². The minimum Gasteiger partial charge on any atom is -0.373 e. The predicted octanol–water partition coefficient (Wildman–Crippen LogP) is 2.58. The number of aryl methyl sites for hydroxylation is 1. The molecule has 6 heterocycles. The number of nitrogens with zero attached hydrogens (tertiary/aromatic N) is 9. The van der Waals surface area contributed by atoms with E-state index in [9.17, 15) is 4.79 Å². The Kier molecular flexibility index (Phi) is 7.24. The summed E-state index contributed by atoms with van der Waals surface area (Å²) < 4.78 is 9.95. The average molecular weight is 571 g/mol. The first-order valence-corrected chi connectivity index (χ1v) is 14.9. The molecule has 4 aromatic heterocycles. The Bertz CT molecular complexity index is 1530. The van der Waals surface area contributed by atoms with Crippen LogP contribution in [0.1, 0.15) is 24.1 Å². The molecule has 1 aliphatic carbocycles. The van der Waals surface area contributed by atoms with Crippen molar-refractivity contribution >= 4 is 28.9 Å². The Balaban J connectivity index is 0.996. The van der Waals surface area contributed by atoms with Crippen LogP contribution in [0.3, 0.4) is 0 Å². The van der Waals surface area contributed by atoms with Crippen molar-refractivity contribution in [3.63, 3.8) is 0 Å². The molecule has 2 atom stereocenters. The standard InChI is InChI=1S/C30H38N10O2/c1-21-5-6-22(14-31-21)20-42-28-23-7-8-24(28)17-38(16-23)26-4-3-9-40-29(26)34-30(35-40)33-25-15-32-39(18-25)19-27(41)37-12-10-36(2)11-13-37/h3-6,9,14-15,18,23-24,28H,7-8,10-13,16-17,19-20H2,1-2H3,(H,33,35). The number of fused-ring (bicyclic) bond motifs is 3. The van der Waals surface area contributed by atoms with Crippen molar-refractivity contribution in [3.8, 4) is 0 Å². The number of carbonyl (C=O) groups excluding carboxylic acids is 1. The van der Waals surface area contributed by atoms with Crippen molar-refractivity contribution in [2.45, 2.75) is 39.0 Å². The maximum Gasteiger partial charge on any atom is 0.247 e. The smallest absolute Gasteiger partial charge is 0.247 e. The number of hydrogen-bond donors (Lipinski definition) is 1. The number of ether oxygens (including phenoxy) is 1. The van der Waals surface area contributed by atoms with Gasteiger partial charge < -0.3 is 24.8 Å². The minimum absolute atomic E-state index is 0.0866. The van der Waals surface area contributed by atoms with E-state index < -0.39 is 0 Å². The summed E-state index contributed by atoms with van der Waals surface area (Å²) in [6.45, 7) is 8.03. The third-order valence-electron chi connectivity index (χ3n) is 8.89. The van der Waals surface area contributed by atoms with E-state index in [1.165, 1.54) is 12.8 Å². The monoisotopic (exact) mass is 570 g/mol. The fourth-order valence-corrected chi connectivity index (χ4v) is 6.55. The summed E-state index contributed by atoms with van der Waals surface area (Å²) in [7, 11) is 2.08. The predicted molar refractivity (Wildman–Crippen MR) is 159 cm³/mol. The SMILES string of the molecule is Cc1ccc(COC2C3CCC2CN(c2cccn4nc(Nc5cnn(CC(=O)N6CCN(C)CC6)c5)nc24)C3)cn1. The van der Waals surface area contributed by atoms with E-state index in [1.54, 1.807) is 10.9 Å². The zero-order chi connectivity index (χ0) is 28.6. The molecule has 2 aliphatic heterocycles. The molecule has 220 valence electrons. The van der Waals surface area contributed by atoms with Gasteiger partial charge in [-0.05, 0) is 50.6 Å². The fraction of sp³-hybridized carbons (Fsp3) is 0.500. The van der Waals surface area contributed by atoms with Gasteiger partial charge in [0.2, 0.25) is 11.9 Å². The lowest BCUT2D eigenvalue weighted by Gasteiger charge is -2.39. The number of nitrogens with one attached hydrogen (secondary N) is 1. The summed E-state index contributed by atoms with van der Waals surface area (Å²) in [5.74, 6) is 1.56. The van der Waals surface area contributed by atoms with Gasteiger partial charge >= 0.3 is 0 Å². The van der Waals surface area contributed by atoms with Crippen LogP contribution in [-0.2, 0) is 22.7 Å². The molecular formula is C30H38N10O2. The fourth-order valence-electron chi connectivity index (χ4n) is 6.55. The average Bonchev–Trinajstić information content (AvgIpc) is 3.67. The van der Waals surface area contributed by atoms with Gasteiger partial charge in [0.15, 0.2) is 5.65 Å². The van der Waals surface area contributed by atoms with Crippen molar-refractivity contribution < 1.29 is 9.53 Å². The zero-order valence-electron chi connectivity index (χ0n) is 24.3. The van der Waals surface area contributed by atoms with Crippen LogP contribution in [0.15, 0.2) is 49.1 Å². The number of likely N-dealkylation sites (N-methyl/N-ethyl adjacent to an activating group) is 1. The van der Waals surface area contributed by atoms with E-state index in [-0.39, 0.29) is 18.6 Å². The van der Waals surface area contributed by atoms with E-state index in [4.69, 9.17) is 9.72 Å². The van der Waals surface area contributed by atoms with Crippen LogP contribution >= 0.6 is 0 Å². The number of hydrogen-bond acceptors (Lipinski definition) is 9. The lowest BCUT2D eigenvalue weighted by atomic mass is 9.94. The van der Waals surface area contributed by atoms with Gasteiger partial charge in [-0.25, -0.2) is 4.52 Å². The lowest BCUT2D eigenvalue weighted by Crippen LogP contribution is -2.48. The van der Waals surface area contributed by atoms with Crippen molar-refractivity contribution in [3.05, 3.63) is 60.3 Å². The largest absolute Gasteiger partial charge is 0.373 e. The van der Waals surface area contributed by atoms with Crippen LogP contribution in [0, 0.1) is 18.8 Å². The van der Waals surface area contributed by atoms with Crippen molar-refractivity contribution in [2.75, 3.05) is 56.5 Å². The van der Waals surface area contributed by atoms with Crippen molar-refractivity contribution in [1.82, 2.24) is 39.2 Å². The first-order valence-electron chi connectivity index (χ1n) is 14.9. The number of amides is 1. The topological polar surface area (TPSA) is 109 Å². The third-order valence-corrected chi connectivity index (χ3v) is 8.89. The highest BCUT2D eigenvalue weighted by Crippen LogP contribution is 2.41. The molecule has 1 amide bonds. The highest BCUT2D eigenvalue weighted by atomic mass is 16.5. The Morgan fingerprint density at radius 1 is 1.07 bits per heavy atom. The molecule has 3 fully saturated rings. The summed E-state index contributed by atoms with van der Waals surface area (Å²) in [6.07, 6.45) is 10.0. The summed E-state index contributed by atoms with van der Waals surface area (Å²) in [5.41, 5.74) is 4.81. The quantitative estimate of drug-likeness (QED) is 0.342. The number of rotatable bonds is 8. The van der Waals surface area contributed by atoms with E-state index in [1.807, 2.05) is 47.1 Å². The van der Waals surface area contributed by atoms with Crippen molar-refractivity contribution in [1.29, 1.82) is 0 Å². The van der Waals surface area contributed by atoms with Crippen LogP contribution in [-0.4, -0.2) is 97.5 Å². The van der Waals surface area contributed by atoms with Gasteiger partial charge in [0.25, 0.3) is 0 Å². The zero-order valence-corrected chi connectivity index (χ0v) is 24.3. The molecule has 0 spiro atoms. The van der Waals surface area contributed by atoms with E-state index in [2.05, 4.69) is 49.5 Å². The van der Waals surface area contributed by atoms with Crippen LogP contribution in [0.2, 0.25) is 0 Å². The molecule has 2 unspecified atom stereocenters. The Hall–Kier alpha value is -4.03. The second-order valence-corrected chi connectivity index (χ2v) is 11.9. The second-order valence-electron chi connectivity index (χ2n) is 11.9. The van der Waals surface area contributed by atoms with Crippen LogP contribution < -0.4 is 10.2 Å². The van der Waals surface area contributed by atoms with Crippen LogP contribution in [0.4, 0.5) is 17.3 Å². The molecule has 0 aromatic carbocycles. The molecule has 1 N–H and O–H groups in total. The van der Waals surface area contributed by atoms with Gasteiger partial charge in [-0.15, -0.1) is 5.10 Å². The second kappa shape index (κ2) is 11.3. The van der Waals surface area contributed by atoms with Crippen LogP contribution in [0.25, 0.3) is 5.65 Å². The van der Waals surface area contributed by atoms with E-state index in [0.29, 0.717) is 24.4 Å². The molecular weight excluding hydrogens is 532 g/mol.